The fourth-order valence-corrected chi connectivity index (χ4v) is 2.22. The molecule has 0 saturated carbocycles. The van der Waals surface area contributed by atoms with Crippen LogP contribution >= 0.6 is 0 Å². The molecule has 1 heterocycles. The van der Waals surface area contributed by atoms with Crippen LogP contribution in [0.1, 0.15) is 5.56 Å². The van der Waals surface area contributed by atoms with E-state index in [9.17, 15) is 0 Å². The van der Waals surface area contributed by atoms with Gasteiger partial charge in [0.25, 0.3) is 0 Å². The van der Waals surface area contributed by atoms with Gasteiger partial charge in [-0.15, -0.1) is 0 Å². The zero-order valence-corrected chi connectivity index (χ0v) is 10.9. The molecule has 1 aromatic heterocycles. The molecule has 2 rings (SSSR count). The minimum Gasteiger partial charge on any atom is -0.350 e. The van der Waals surface area contributed by atoms with Gasteiger partial charge in [0.05, 0.1) is 0 Å². The lowest BCUT2D eigenvalue weighted by atomic mass is 10.1. The Balaban J connectivity index is 2.18. The summed E-state index contributed by atoms with van der Waals surface area (Å²) >= 11 is 0. The van der Waals surface area contributed by atoms with Gasteiger partial charge in [0, 0.05) is 43.8 Å². The number of hydrogen-bond acceptors (Lipinski definition) is 2. The van der Waals surface area contributed by atoms with Crippen LogP contribution in [0.4, 0.5) is 0 Å². The maximum atomic E-state index is 3.18. The highest BCUT2D eigenvalue weighted by Gasteiger charge is 2.07. The normalized spacial score (nSPS) is 11.5. The number of benzene rings is 1. The molecular formula is C14H21N3. The van der Waals surface area contributed by atoms with Gasteiger partial charge in [-0.25, -0.2) is 0 Å². The summed E-state index contributed by atoms with van der Waals surface area (Å²) in [5.41, 5.74) is 2.71. The van der Waals surface area contributed by atoms with Gasteiger partial charge in [-0.05, 0) is 25.7 Å². The Morgan fingerprint density at radius 2 is 2.06 bits per heavy atom. The molecule has 92 valence electrons. The van der Waals surface area contributed by atoms with Crippen molar-refractivity contribution in [1.29, 1.82) is 0 Å². The van der Waals surface area contributed by atoms with Crippen molar-refractivity contribution in [2.75, 3.05) is 27.2 Å². The first-order valence-electron chi connectivity index (χ1n) is 6.08. The fraction of sp³-hybridized carbons (Fsp3) is 0.429. The third-order valence-corrected chi connectivity index (χ3v) is 3.16. The van der Waals surface area contributed by atoms with Crippen molar-refractivity contribution in [2.24, 2.45) is 7.05 Å². The number of para-hydroxylation sites is 1. The molecule has 0 aliphatic rings. The lowest BCUT2D eigenvalue weighted by Gasteiger charge is -2.15. The summed E-state index contributed by atoms with van der Waals surface area (Å²) in [5, 5.41) is 4.55. The molecule has 0 bridgehead atoms. The quantitative estimate of drug-likeness (QED) is 0.847. The van der Waals surface area contributed by atoms with E-state index >= 15 is 0 Å². The van der Waals surface area contributed by atoms with E-state index in [4.69, 9.17) is 0 Å². The second-order valence-electron chi connectivity index (χ2n) is 4.62. The number of nitrogens with zero attached hydrogens (tertiary/aromatic N) is 2. The van der Waals surface area contributed by atoms with Crippen molar-refractivity contribution in [1.82, 2.24) is 14.8 Å². The predicted molar refractivity (Wildman–Crippen MR) is 73.2 cm³/mol. The first-order chi connectivity index (χ1) is 8.22. The molecule has 1 N–H and O–H groups in total. The summed E-state index contributed by atoms with van der Waals surface area (Å²) in [5.74, 6) is 0. The van der Waals surface area contributed by atoms with E-state index in [0.29, 0.717) is 0 Å². The summed E-state index contributed by atoms with van der Waals surface area (Å²) in [4.78, 5) is 2.35. The van der Waals surface area contributed by atoms with Crippen molar-refractivity contribution in [3.05, 3.63) is 36.0 Å². The van der Waals surface area contributed by atoms with Crippen LogP contribution < -0.4 is 5.32 Å². The third kappa shape index (κ3) is 2.68. The number of fused-ring (bicyclic) bond motifs is 1. The van der Waals surface area contributed by atoms with E-state index in [1.165, 1.54) is 16.5 Å². The van der Waals surface area contributed by atoms with Gasteiger partial charge in [0.1, 0.15) is 0 Å². The minimum absolute atomic E-state index is 1.00. The van der Waals surface area contributed by atoms with Crippen molar-refractivity contribution in [3.63, 3.8) is 0 Å². The van der Waals surface area contributed by atoms with Crippen molar-refractivity contribution < 1.29 is 0 Å². The lowest BCUT2D eigenvalue weighted by molar-refractivity contribution is 0.329. The fourth-order valence-electron chi connectivity index (χ4n) is 2.22. The molecule has 0 spiro atoms. The molecule has 0 atom stereocenters. The molecular weight excluding hydrogens is 210 g/mol. The highest BCUT2D eigenvalue weighted by atomic mass is 15.1. The molecule has 0 saturated heterocycles. The summed E-state index contributed by atoms with van der Waals surface area (Å²) in [7, 11) is 6.27. The number of aryl methyl sites for hydroxylation is 1. The lowest BCUT2D eigenvalue weighted by Crippen LogP contribution is -2.26. The van der Waals surface area contributed by atoms with E-state index in [1.54, 1.807) is 0 Å². The second-order valence-corrected chi connectivity index (χ2v) is 4.62. The standard InChI is InChI=1S/C14H21N3/c1-15-8-9-16(2)10-12-11-17(3)14-7-5-4-6-13(12)14/h4-7,11,15H,8-10H2,1-3H3. The average molecular weight is 231 g/mol. The topological polar surface area (TPSA) is 20.2 Å². The predicted octanol–water partition coefficient (Wildman–Crippen LogP) is 1.83. The highest BCUT2D eigenvalue weighted by Crippen LogP contribution is 2.21. The van der Waals surface area contributed by atoms with Crippen LogP contribution in [0.15, 0.2) is 30.5 Å². The number of hydrogen-bond donors (Lipinski definition) is 1. The first-order valence-corrected chi connectivity index (χ1v) is 6.08. The summed E-state index contributed by atoms with van der Waals surface area (Å²) in [6.45, 7) is 3.10. The Bertz CT molecular complexity index is 487. The first kappa shape index (κ1) is 12.1. The van der Waals surface area contributed by atoms with E-state index < -0.39 is 0 Å². The molecule has 2 aromatic rings. The second kappa shape index (κ2) is 5.34. The third-order valence-electron chi connectivity index (χ3n) is 3.16. The van der Waals surface area contributed by atoms with Gasteiger partial charge in [-0.1, -0.05) is 18.2 Å². The van der Waals surface area contributed by atoms with Crippen LogP contribution in [-0.2, 0) is 13.6 Å². The Kier molecular flexibility index (Phi) is 3.82. The molecule has 0 radical (unpaired) electrons. The van der Waals surface area contributed by atoms with Gasteiger partial charge in [0.2, 0.25) is 0 Å². The molecule has 0 amide bonds. The molecule has 3 nitrogen and oxygen atoms in total. The molecule has 0 aliphatic carbocycles. The van der Waals surface area contributed by atoms with Crippen LogP contribution in [0.2, 0.25) is 0 Å². The molecule has 3 heteroatoms. The van der Waals surface area contributed by atoms with Crippen molar-refractivity contribution in [3.8, 4) is 0 Å². The van der Waals surface area contributed by atoms with Crippen LogP contribution in [0, 0.1) is 0 Å². The molecule has 0 unspecified atom stereocenters. The Hall–Kier alpha value is -1.32. The Morgan fingerprint density at radius 3 is 2.82 bits per heavy atom. The molecule has 0 fully saturated rings. The maximum absolute atomic E-state index is 3.18. The van der Waals surface area contributed by atoms with Crippen LogP contribution in [0.25, 0.3) is 10.9 Å². The largest absolute Gasteiger partial charge is 0.350 e. The van der Waals surface area contributed by atoms with E-state index in [1.807, 2.05) is 7.05 Å². The molecule has 1 aromatic carbocycles. The molecule has 0 aliphatic heterocycles. The maximum Gasteiger partial charge on any atom is 0.0481 e. The van der Waals surface area contributed by atoms with Gasteiger partial charge >= 0.3 is 0 Å². The monoisotopic (exact) mass is 231 g/mol. The Morgan fingerprint density at radius 1 is 1.29 bits per heavy atom. The smallest absolute Gasteiger partial charge is 0.0481 e. The van der Waals surface area contributed by atoms with E-state index in [0.717, 1.165) is 19.6 Å². The van der Waals surface area contributed by atoms with E-state index in [2.05, 4.69) is 59.3 Å². The minimum atomic E-state index is 1.00. The Labute approximate surface area is 103 Å². The van der Waals surface area contributed by atoms with Gasteiger partial charge < -0.3 is 14.8 Å². The number of aromatic nitrogens is 1. The molecule has 17 heavy (non-hydrogen) atoms. The average Bonchev–Trinajstić information content (AvgIpc) is 2.65. The number of nitrogens with one attached hydrogen (secondary N) is 1. The van der Waals surface area contributed by atoms with Gasteiger partial charge in [-0.2, -0.15) is 0 Å². The summed E-state index contributed by atoms with van der Waals surface area (Å²) in [6, 6.07) is 8.58. The van der Waals surface area contributed by atoms with Crippen LogP contribution in [0.3, 0.4) is 0 Å². The number of rotatable bonds is 5. The zero-order valence-electron chi connectivity index (χ0n) is 10.9. The van der Waals surface area contributed by atoms with Crippen molar-refractivity contribution in [2.45, 2.75) is 6.54 Å². The van der Waals surface area contributed by atoms with Gasteiger partial charge in [0.15, 0.2) is 0 Å². The number of likely N-dealkylation sites (N-methyl/N-ethyl adjacent to an activating group) is 2. The summed E-state index contributed by atoms with van der Waals surface area (Å²) in [6.07, 6.45) is 2.24. The van der Waals surface area contributed by atoms with Crippen LogP contribution in [-0.4, -0.2) is 36.7 Å². The summed E-state index contributed by atoms with van der Waals surface area (Å²) < 4.78 is 2.20. The highest BCUT2D eigenvalue weighted by molar-refractivity contribution is 5.83. The van der Waals surface area contributed by atoms with Crippen LogP contribution in [0.5, 0.6) is 0 Å². The SMILES string of the molecule is CNCCN(C)Cc1cn(C)c2ccccc12. The zero-order chi connectivity index (χ0) is 12.3. The van der Waals surface area contributed by atoms with Crippen molar-refractivity contribution >= 4 is 10.9 Å². The van der Waals surface area contributed by atoms with E-state index in [-0.39, 0.29) is 0 Å². The van der Waals surface area contributed by atoms with Gasteiger partial charge in [-0.3, -0.25) is 0 Å².